The molecule has 3 rings (SSSR count). The van der Waals surface area contributed by atoms with E-state index in [1.165, 1.54) is 7.11 Å². The Morgan fingerprint density at radius 1 is 1.11 bits per heavy atom. The maximum atomic E-state index is 12.3. The highest BCUT2D eigenvalue weighted by Gasteiger charge is 2.26. The molecule has 0 amide bonds. The number of hydrogen-bond donors (Lipinski definition) is 3. The van der Waals surface area contributed by atoms with Crippen LogP contribution in [0.1, 0.15) is 40.4 Å². The van der Waals surface area contributed by atoms with Crippen molar-refractivity contribution in [3.8, 4) is 11.1 Å². The molecule has 0 bridgehead atoms. The molecule has 0 aromatic heterocycles. The van der Waals surface area contributed by atoms with Crippen LogP contribution < -0.4 is 11.1 Å². The molecule has 1 atom stereocenters. The van der Waals surface area contributed by atoms with Crippen LogP contribution in [0.3, 0.4) is 0 Å². The van der Waals surface area contributed by atoms with Crippen molar-refractivity contribution in [2.75, 3.05) is 27.3 Å². The normalized spacial score (nSPS) is 15.8. The van der Waals surface area contributed by atoms with Crippen LogP contribution >= 0.6 is 0 Å². The number of hydrogen-bond acceptors (Lipinski definition) is 5. The van der Waals surface area contributed by atoms with E-state index in [-0.39, 0.29) is 17.9 Å². The number of amidine groups is 1. The number of methoxy groups -OCH3 is 2. The van der Waals surface area contributed by atoms with Gasteiger partial charge >= 0.3 is 5.97 Å². The molecule has 6 nitrogen and oxygen atoms in total. The van der Waals surface area contributed by atoms with Crippen molar-refractivity contribution < 1.29 is 14.3 Å². The van der Waals surface area contributed by atoms with E-state index in [1.807, 2.05) is 30.3 Å². The lowest BCUT2D eigenvalue weighted by molar-refractivity contribution is 0.0381. The summed E-state index contributed by atoms with van der Waals surface area (Å²) in [6.45, 7) is 1.93. The number of nitrogen functional groups attached to an aromatic ring is 1. The molecule has 0 aliphatic carbocycles. The van der Waals surface area contributed by atoms with Crippen molar-refractivity contribution in [2.24, 2.45) is 11.7 Å². The Bertz CT molecular complexity index is 860. The second kappa shape index (κ2) is 8.99. The summed E-state index contributed by atoms with van der Waals surface area (Å²) in [6, 6.07) is 13.2. The minimum absolute atomic E-state index is 0.00988. The predicted octanol–water partition coefficient (Wildman–Crippen LogP) is 3.11. The fraction of sp³-hybridized carbons (Fsp3) is 0.364. The van der Waals surface area contributed by atoms with E-state index in [0.717, 1.165) is 42.6 Å². The minimum atomic E-state index is -0.383. The van der Waals surface area contributed by atoms with Gasteiger partial charge in [0.25, 0.3) is 0 Å². The van der Waals surface area contributed by atoms with Crippen LogP contribution in [0, 0.1) is 11.3 Å². The van der Waals surface area contributed by atoms with Gasteiger partial charge < -0.3 is 20.5 Å². The molecule has 4 N–H and O–H groups in total. The molecule has 1 aliphatic rings. The Hall–Kier alpha value is -2.70. The van der Waals surface area contributed by atoms with E-state index in [9.17, 15) is 4.79 Å². The van der Waals surface area contributed by atoms with Gasteiger partial charge in [-0.15, -0.1) is 0 Å². The monoisotopic (exact) mass is 381 g/mol. The summed E-state index contributed by atoms with van der Waals surface area (Å²) in [5, 5.41) is 11.1. The van der Waals surface area contributed by atoms with E-state index >= 15 is 0 Å². The number of nitrogens with one attached hydrogen (secondary N) is 2. The van der Waals surface area contributed by atoms with Gasteiger partial charge in [-0.3, -0.25) is 5.41 Å². The molecule has 2 aromatic carbocycles. The summed E-state index contributed by atoms with van der Waals surface area (Å²) >= 11 is 0. The van der Waals surface area contributed by atoms with Crippen LogP contribution in [0.5, 0.6) is 0 Å². The molecule has 0 saturated carbocycles. The lowest BCUT2D eigenvalue weighted by Gasteiger charge is -2.30. The molecule has 1 aliphatic heterocycles. The molecule has 1 fully saturated rings. The van der Waals surface area contributed by atoms with E-state index in [1.54, 1.807) is 13.2 Å². The fourth-order valence-electron chi connectivity index (χ4n) is 3.83. The van der Waals surface area contributed by atoms with Crippen molar-refractivity contribution in [2.45, 2.75) is 18.9 Å². The van der Waals surface area contributed by atoms with E-state index < -0.39 is 0 Å². The number of benzene rings is 2. The van der Waals surface area contributed by atoms with Gasteiger partial charge in [-0.05, 0) is 72.8 Å². The molecular formula is C22H27N3O3. The molecule has 2 aromatic rings. The number of esters is 1. The highest BCUT2D eigenvalue weighted by atomic mass is 16.5. The van der Waals surface area contributed by atoms with Crippen LogP contribution in [-0.2, 0) is 9.47 Å². The standard InChI is InChI=1S/C22H27N3O3/c1-27-20(14-6-8-25-9-7-14)18-11-17(12-19(13-18)22(26)28-2)15-4-3-5-16(10-15)21(23)24/h3-5,10-14,20,25H,6-9H2,1-2H3,(H3,23,24). The van der Waals surface area contributed by atoms with Crippen LogP contribution in [0.2, 0.25) is 0 Å². The van der Waals surface area contributed by atoms with Crippen molar-refractivity contribution >= 4 is 11.8 Å². The summed E-state index contributed by atoms with van der Waals surface area (Å²) in [6.07, 6.45) is 1.95. The third kappa shape index (κ3) is 4.40. The van der Waals surface area contributed by atoms with Crippen LogP contribution in [-0.4, -0.2) is 39.1 Å². The summed E-state index contributed by atoms with van der Waals surface area (Å²) in [5.41, 5.74) is 9.49. The Balaban J connectivity index is 2.07. The number of rotatable bonds is 6. The summed E-state index contributed by atoms with van der Waals surface area (Å²) in [4.78, 5) is 12.3. The first-order valence-electron chi connectivity index (χ1n) is 9.45. The number of carbonyl (C=O) groups is 1. The highest BCUT2D eigenvalue weighted by Crippen LogP contribution is 2.35. The van der Waals surface area contributed by atoms with E-state index in [0.29, 0.717) is 17.0 Å². The molecule has 28 heavy (non-hydrogen) atoms. The fourth-order valence-corrected chi connectivity index (χ4v) is 3.83. The number of ether oxygens (including phenoxy) is 2. The zero-order valence-electron chi connectivity index (χ0n) is 16.3. The van der Waals surface area contributed by atoms with Crippen LogP contribution in [0.25, 0.3) is 11.1 Å². The third-order valence-corrected chi connectivity index (χ3v) is 5.28. The zero-order chi connectivity index (χ0) is 20.1. The third-order valence-electron chi connectivity index (χ3n) is 5.28. The van der Waals surface area contributed by atoms with Crippen LogP contribution in [0.15, 0.2) is 42.5 Å². The SMILES string of the molecule is COC(=O)c1cc(-c2cccc(C(=N)N)c2)cc(C(OC)C2CCNCC2)c1. The van der Waals surface area contributed by atoms with Crippen molar-refractivity contribution in [3.05, 3.63) is 59.2 Å². The minimum Gasteiger partial charge on any atom is -0.465 e. The largest absolute Gasteiger partial charge is 0.465 e. The van der Waals surface area contributed by atoms with Gasteiger partial charge in [-0.1, -0.05) is 18.2 Å². The first-order valence-corrected chi connectivity index (χ1v) is 9.45. The molecule has 148 valence electrons. The molecular weight excluding hydrogens is 354 g/mol. The van der Waals surface area contributed by atoms with Crippen molar-refractivity contribution in [1.82, 2.24) is 5.32 Å². The second-order valence-electron chi connectivity index (χ2n) is 7.07. The molecule has 1 unspecified atom stereocenters. The summed E-state index contributed by atoms with van der Waals surface area (Å²) < 4.78 is 10.8. The van der Waals surface area contributed by atoms with Gasteiger partial charge in [-0.25, -0.2) is 4.79 Å². The Morgan fingerprint density at radius 3 is 2.46 bits per heavy atom. The van der Waals surface area contributed by atoms with Crippen molar-refractivity contribution in [1.29, 1.82) is 5.41 Å². The predicted molar refractivity (Wildman–Crippen MR) is 110 cm³/mol. The van der Waals surface area contributed by atoms with Gasteiger partial charge in [0.1, 0.15) is 5.84 Å². The molecule has 1 heterocycles. The van der Waals surface area contributed by atoms with Gasteiger partial charge in [0, 0.05) is 12.7 Å². The van der Waals surface area contributed by atoms with Gasteiger partial charge in [0.05, 0.1) is 18.8 Å². The first-order chi connectivity index (χ1) is 13.5. The number of carbonyl (C=O) groups excluding carboxylic acids is 1. The first kappa shape index (κ1) is 20.0. The average Bonchev–Trinajstić information content (AvgIpc) is 2.74. The maximum Gasteiger partial charge on any atom is 0.337 e. The van der Waals surface area contributed by atoms with Gasteiger partial charge in [0.2, 0.25) is 0 Å². The topological polar surface area (TPSA) is 97.4 Å². The number of piperidine rings is 1. The summed E-state index contributed by atoms with van der Waals surface area (Å²) in [7, 11) is 3.10. The second-order valence-corrected chi connectivity index (χ2v) is 7.07. The quantitative estimate of drug-likeness (QED) is 0.406. The lowest BCUT2D eigenvalue weighted by Crippen LogP contribution is -2.31. The lowest BCUT2D eigenvalue weighted by atomic mass is 9.86. The Labute approximate surface area is 165 Å². The summed E-state index contributed by atoms with van der Waals surface area (Å²) in [5.74, 6) is 0.0113. The Kier molecular flexibility index (Phi) is 6.44. The highest BCUT2D eigenvalue weighted by molar-refractivity contribution is 5.96. The molecule has 1 saturated heterocycles. The molecule has 0 spiro atoms. The van der Waals surface area contributed by atoms with Crippen molar-refractivity contribution in [3.63, 3.8) is 0 Å². The van der Waals surface area contributed by atoms with Gasteiger partial charge in [0.15, 0.2) is 0 Å². The Morgan fingerprint density at radius 2 is 1.82 bits per heavy atom. The molecule has 6 heteroatoms. The van der Waals surface area contributed by atoms with E-state index in [2.05, 4.69) is 11.4 Å². The maximum absolute atomic E-state index is 12.3. The van der Waals surface area contributed by atoms with E-state index in [4.69, 9.17) is 20.6 Å². The smallest absolute Gasteiger partial charge is 0.337 e. The van der Waals surface area contributed by atoms with Crippen LogP contribution in [0.4, 0.5) is 0 Å². The van der Waals surface area contributed by atoms with Gasteiger partial charge in [-0.2, -0.15) is 0 Å². The number of nitrogens with two attached hydrogens (primary N) is 1. The average molecular weight is 381 g/mol. The zero-order valence-corrected chi connectivity index (χ0v) is 16.3. The molecule has 0 radical (unpaired) electrons.